The van der Waals surface area contributed by atoms with Gasteiger partial charge in [-0.2, -0.15) is 0 Å². The maximum Gasteiger partial charge on any atom is 0.0782 e. The second-order valence-electron chi connectivity index (χ2n) is 6.28. The second kappa shape index (κ2) is 5.32. The molecule has 0 aromatic carbocycles. The monoisotopic (exact) mass is 267 g/mol. The van der Waals surface area contributed by atoms with Gasteiger partial charge in [-0.25, -0.2) is 0 Å². The summed E-state index contributed by atoms with van der Waals surface area (Å²) in [6, 6.07) is 4.87. The molecule has 1 N–H and O–H groups in total. The van der Waals surface area contributed by atoms with Crippen molar-refractivity contribution in [1.29, 1.82) is 0 Å². The van der Waals surface area contributed by atoms with Gasteiger partial charge in [0.15, 0.2) is 0 Å². The average Bonchev–Trinajstić information content (AvgIpc) is 2.88. The summed E-state index contributed by atoms with van der Waals surface area (Å²) in [5.41, 5.74) is 0.241. The Balaban J connectivity index is 2.15. The lowest BCUT2D eigenvalue weighted by molar-refractivity contribution is 0.0341. The van der Waals surface area contributed by atoms with Crippen molar-refractivity contribution in [2.75, 3.05) is 7.05 Å². The van der Waals surface area contributed by atoms with Gasteiger partial charge in [-0.1, -0.05) is 20.8 Å². The lowest BCUT2D eigenvalue weighted by atomic mass is 9.95. The Morgan fingerprint density at radius 2 is 2.06 bits per heavy atom. The van der Waals surface area contributed by atoms with Crippen LogP contribution < -0.4 is 5.32 Å². The van der Waals surface area contributed by atoms with Gasteiger partial charge in [-0.05, 0) is 44.4 Å². The number of likely N-dealkylation sites (N-methyl/N-ethyl adjacent to an activating group) is 1. The van der Waals surface area contributed by atoms with Crippen LogP contribution in [0.3, 0.4) is 0 Å². The van der Waals surface area contributed by atoms with Gasteiger partial charge in [-0.3, -0.25) is 0 Å². The number of hydrogen-bond donors (Lipinski definition) is 1. The molecule has 1 aromatic rings. The van der Waals surface area contributed by atoms with Crippen molar-refractivity contribution >= 4 is 11.3 Å². The first-order chi connectivity index (χ1) is 8.41. The third-order valence-corrected chi connectivity index (χ3v) is 5.21. The highest BCUT2D eigenvalue weighted by Gasteiger charge is 2.31. The molecule has 2 nitrogen and oxygen atoms in total. The Morgan fingerprint density at radius 1 is 1.33 bits per heavy atom. The van der Waals surface area contributed by atoms with Crippen molar-refractivity contribution in [1.82, 2.24) is 5.32 Å². The van der Waals surface area contributed by atoms with Crippen LogP contribution in [0.1, 0.15) is 56.3 Å². The molecule has 2 rings (SSSR count). The predicted octanol–water partition coefficient (Wildman–Crippen LogP) is 3.87. The normalized spacial score (nSPS) is 26.5. The minimum atomic E-state index is 0.241. The number of rotatable bonds is 3. The molecule has 0 spiro atoms. The summed E-state index contributed by atoms with van der Waals surface area (Å²) >= 11 is 1.92. The van der Waals surface area contributed by atoms with Crippen LogP contribution in [-0.2, 0) is 10.2 Å². The first kappa shape index (κ1) is 14.0. The molecule has 1 aliphatic rings. The predicted molar refractivity (Wildman–Crippen MR) is 78.4 cm³/mol. The van der Waals surface area contributed by atoms with Crippen LogP contribution in [0.2, 0.25) is 0 Å². The second-order valence-corrected chi connectivity index (χ2v) is 7.40. The minimum absolute atomic E-state index is 0.241. The summed E-state index contributed by atoms with van der Waals surface area (Å²) in [5.74, 6) is 0. The van der Waals surface area contributed by atoms with Crippen LogP contribution in [0.15, 0.2) is 12.1 Å². The van der Waals surface area contributed by atoms with E-state index in [1.807, 2.05) is 18.4 Å². The third-order valence-electron chi connectivity index (χ3n) is 3.62. The lowest BCUT2D eigenvalue weighted by Gasteiger charge is -2.22. The highest BCUT2D eigenvalue weighted by atomic mass is 32.1. The zero-order chi connectivity index (χ0) is 13.3. The maximum atomic E-state index is 6.01. The van der Waals surface area contributed by atoms with Crippen molar-refractivity contribution in [3.63, 3.8) is 0 Å². The molecular formula is C15H25NOS. The number of nitrogens with one attached hydrogen (secondary N) is 1. The van der Waals surface area contributed by atoms with E-state index in [4.69, 9.17) is 4.74 Å². The average molecular weight is 267 g/mol. The molecule has 0 saturated carbocycles. The summed E-state index contributed by atoms with van der Waals surface area (Å²) in [5, 5.41) is 3.43. The number of ether oxygens (including phenoxy) is 1. The molecule has 3 heteroatoms. The van der Waals surface area contributed by atoms with Gasteiger partial charge in [-0.15, -0.1) is 11.3 Å². The van der Waals surface area contributed by atoms with Crippen LogP contribution in [0.5, 0.6) is 0 Å². The summed E-state index contributed by atoms with van der Waals surface area (Å²) < 4.78 is 6.01. The largest absolute Gasteiger partial charge is 0.373 e. The van der Waals surface area contributed by atoms with Crippen LogP contribution in [0, 0.1) is 0 Å². The molecule has 1 aliphatic heterocycles. The number of hydrogen-bond acceptors (Lipinski definition) is 3. The Morgan fingerprint density at radius 3 is 2.50 bits per heavy atom. The SMILES string of the molecule is CNC(c1ccc(C(C)(C)C)s1)C1CCC(C)O1. The van der Waals surface area contributed by atoms with Gasteiger partial charge < -0.3 is 10.1 Å². The van der Waals surface area contributed by atoms with E-state index in [9.17, 15) is 0 Å². The highest BCUT2D eigenvalue weighted by molar-refractivity contribution is 7.12. The van der Waals surface area contributed by atoms with E-state index in [1.54, 1.807) is 0 Å². The van der Waals surface area contributed by atoms with Crippen molar-refractivity contribution in [2.24, 2.45) is 0 Å². The molecule has 0 bridgehead atoms. The first-order valence-corrected chi connectivity index (χ1v) is 7.66. The molecule has 3 atom stereocenters. The van der Waals surface area contributed by atoms with Crippen LogP contribution >= 0.6 is 11.3 Å². The van der Waals surface area contributed by atoms with Crippen molar-refractivity contribution in [2.45, 2.75) is 64.2 Å². The molecule has 1 saturated heterocycles. The van der Waals surface area contributed by atoms with Crippen LogP contribution in [0.25, 0.3) is 0 Å². The van der Waals surface area contributed by atoms with E-state index in [2.05, 4.69) is 45.1 Å². The van der Waals surface area contributed by atoms with Crippen molar-refractivity contribution in [3.05, 3.63) is 21.9 Å². The molecule has 0 aliphatic carbocycles. The smallest absolute Gasteiger partial charge is 0.0782 e. The van der Waals surface area contributed by atoms with Gasteiger partial charge in [0.25, 0.3) is 0 Å². The fraction of sp³-hybridized carbons (Fsp3) is 0.733. The van der Waals surface area contributed by atoms with Gasteiger partial charge >= 0.3 is 0 Å². The first-order valence-electron chi connectivity index (χ1n) is 6.84. The van der Waals surface area contributed by atoms with Gasteiger partial charge in [0.1, 0.15) is 0 Å². The van der Waals surface area contributed by atoms with E-state index in [0.717, 1.165) is 6.42 Å². The molecule has 3 unspecified atom stereocenters. The van der Waals surface area contributed by atoms with Gasteiger partial charge in [0, 0.05) is 9.75 Å². The van der Waals surface area contributed by atoms with E-state index >= 15 is 0 Å². The molecule has 102 valence electrons. The Bertz CT molecular complexity index is 393. The van der Waals surface area contributed by atoms with Crippen LogP contribution in [0.4, 0.5) is 0 Å². The van der Waals surface area contributed by atoms with Crippen LogP contribution in [-0.4, -0.2) is 19.3 Å². The Labute approximate surface area is 115 Å². The van der Waals surface area contributed by atoms with Crippen molar-refractivity contribution < 1.29 is 4.74 Å². The molecule has 1 fully saturated rings. The molecular weight excluding hydrogens is 242 g/mol. The molecule has 18 heavy (non-hydrogen) atoms. The fourth-order valence-electron chi connectivity index (χ4n) is 2.51. The minimum Gasteiger partial charge on any atom is -0.373 e. The molecule has 0 amide bonds. The zero-order valence-electron chi connectivity index (χ0n) is 12.1. The number of thiophene rings is 1. The maximum absolute atomic E-state index is 6.01. The van der Waals surface area contributed by atoms with E-state index in [1.165, 1.54) is 16.2 Å². The molecule has 2 heterocycles. The molecule has 0 radical (unpaired) electrons. The summed E-state index contributed by atoms with van der Waals surface area (Å²) in [4.78, 5) is 2.85. The highest BCUT2D eigenvalue weighted by Crippen LogP contribution is 2.36. The van der Waals surface area contributed by atoms with E-state index in [-0.39, 0.29) is 5.41 Å². The summed E-state index contributed by atoms with van der Waals surface area (Å²) in [6.45, 7) is 8.98. The molecule has 1 aromatic heterocycles. The lowest BCUT2D eigenvalue weighted by Crippen LogP contribution is -2.28. The summed E-state index contributed by atoms with van der Waals surface area (Å²) in [6.07, 6.45) is 3.08. The van der Waals surface area contributed by atoms with Gasteiger partial charge in [0.05, 0.1) is 18.2 Å². The topological polar surface area (TPSA) is 21.3 Å². The van der Waals surface area contributed by atoms with E-state index < -0.39 is 0 Å². The standard InChI is InChI=1S/C15H25NOS/c1-10-6-7-11(17-10)14(16-5)12-8-9-13(18-12)15(2,3)4/h8-11,14,16H,6-7H2,1-5H3. The Kier molecular flexibility index (Phi) is 4.15. The van der Waals surface area contributed by atoms with Crippen molar-refractivity contribution in [3.8, 4) is 0 Å². The Hall–Kier alpha value is -0.380. The third kappa shape index (κ3) is 2.95. The van der Waals surface area contributed by atoms with E-state index in [0.29, 0.717) is 18.2 Å². The van der Waals surface area contributed by atoms with Gasteiger partial charge in [0.2, 0.25) is 0 Å². The quantitative estimate of drug-likeness (QED) is 0.897. The summed E-state index contributed by atoms with van der Waals surface area (Å²) in [7, 11) is 2.04. The fourth-order valence-corrected chi connectivity index (χ4v) is 3.74. The zero-order valence-corrected chi connectivity index (χ0v) is 12.9.